The normalized spacial score (nSPS) is 20.0. The van der Waals surface area contributed by atoms with Crippen molar-refractivity contribution in [2.45, 2.75) is 88.9 Å². The molecule has 2 N–H and O–H groups in total. The summed E-state index contributed by atoms with van der Waals surface area (Å²) in [7, 11) is -4.20. The van der Waals surface area contributed by atoms with Crippen molar-refractivity contribution in [2.75, 3.05) is 0 Å². The highest BCUT2D eigenvalue weighted by molar-refractivity contribution is 7.49. The molecule has 8 heteroatoms. The van der Waals surface area contributed by atoms with Crippen LogP contribution in [-0.4, -0.2) is 0 Å². The van der Waals surface area contributed by atoms with Crippen LogP contribution in [0.1, 0.15) is 89.2 Å². The van der Waals surface area contributed by atoms with E-state index < -0.39 is 7.82 Å². The van der Waals surface area contributed by atoms with E-state index in [4.69, 9.17) is 42.8 Å². The number of halogens is 2. The molecule has 186 valence electrons. The van der Waals surface area contributed by atoms with Gasteiger partial charge in [-0.15, -0.1) is 0 Å². The van der Waals surface area contributed by atoms with Crippen LogP contribution in [-0.2, 0) is 20.0 Å². The molecule has 0 amide bonds. The molecule has 2 aliphatic carbocycles. The van der Waals surface area contributed by atoms with Gasteiger partial charge in [-0.2, -0.15) is 4.62 Å². The molecule has 0 heterocycles. The summed E-state index contributed by atoms with van der Waals surface area (Å²) in [4.78, 5) is 0. The van der Waals surface area contributed by atoms with Crippen molar-refractivity contribution in [2.24, 2.45) is 5.90 Å². The van der Waals surface area contributed by atoms with Crippen LogP contribution in [0.4, 0.5) is 0 Å². The van der Waals surface area contributed by atoms with Crippen molar-refractivity contribution in [3.8, 4) is 11.5 Å². The zero-order chi connectivity index (χ0) is 24.4. The third kappa shape index (κ3) is 5.60. The van der Waals surface area contributed by atoms with E-state index in [1.165, 1.54) is 12.8 Å². The smallest absolute Gasteiger partial charge is 0.394 e. The van der Waals surface area contributed by atoms with Crippen molar-refractivity contribution in [3.05, 3.63) is 57.6 Å². The Hall–Kier alpha value is -1.23. The Balaban J connectivity index is 1.67. The Bertz CT molecular complexity index is 985. The van der Waals surface area contributed by atoms with E-state index in [1.54, 1.807) is 24.3 Å². The molecule has 2 aromatic rings. The number of hydrogen-bond acceptors (Lipinski definition) is 5. The summed E-state index contributed by atoms with van der Waals surface area (Å²) < 4.78 is 30.5. The molecule has 34 heavy (non-hydrogen) atoms. The van der Waals surface area contributed by atoms with Gasteiger partial charge in [0.1, 0.15) is 11.5 Å². The largest absolute Gasteiger partial charge is 0.604 e. The van der Waals surface area contributed by atoms with E-state index in [0.717, 1.165) is 62.5 Å². The number of phosphoric ester groups is 1. The molecular formula is C26H34Cl2NO4P. The highest BCUT2D eigenvalue weighted by Crippen LogP contribution is 2.54. The average Bonchev–Trinajstić information content (AvgIpc) is 2.82. The molecule has 0 unspecified atom stereocenters. The van der Waals surface area contributed by atoms with Gasteiger partial charge in [-0.05, 0) is 72.9 Å². The second-order valence-corrected chi connectivity index (χ2v) is 12.6. The first-order valence-electron chi connectivity index (χ1n) is 12.1. The second kappa shape index (κ2) is 10.4. The van der Waals surface area contributed by atoms with Gasteiger partial charge < -0.3 is 9.05 Å². The quantitative estimate of drug-likeness (QED) is 0.288. The summed E-state index contributed by atoms with van der Waals surface area (Å²) >= 11 is 12.7. The van der Waals surface area contributed by atoms with Crippen LogP contribution < -0.4 is 14.9 Å². The Morgan fingerprint density at radius 2 is 1.12 bits per heavy atom. The van der Waals surface area contributed by atoms with Crippen molar-refractivity contribution < 1.29 is 18.2 Å². The third-order valence-corrected chi connectivity index (χ3v) is 9.22. The monoisotopic (exact) mass is 525 g/mol. The van der Waals surface area contributed by atoms with Gasteiger partial charge in [0, 0.05) is 21.2 Å². The van der Waals surface area contributed by atoms with E-state index in [-0.39, 0.29) is 10.8 Å². The molecule has 0 aromatic heterocycles. The van der Waals surface area contributed by atoms with Crippen LogP contribution in [0.5, 0.6) is 11.5 Å². The summed E-state index contributed by atoms with van der Waals surface area (Å²) in [5.41, 5.74) is 1.52. The molecule has 0 bridgehead atoms. The molecule has 0 radical (unpaired) electrons. The highest BCUT2D eigenvalue weighted by Gasteiger charge is 2.39. The first-order valence-corrected chi connectivity index (χ1v) is 14.4. The number of rotatable bonds is 7. The maximum Gasteiger partial charge on any atom is 0.604 e. The molecule has 2 aliphatic rings. The van der Waals surface area contributed by atoms with Gasteiger partial charge in [-0.1, -0.05) is 75.6 Å². The molecule has 0 spiro atoms. The number of nitrogens with two attached hydrogens (primary N) is 1. The Kier molecular flexibility index (Phi) is 7.91. The maximum absolute atomic E-state index is 13.7. The molecule has 0 aliphatic heterocycles. The van der Waals surface area contributed by atoms with Crippen LogP contribution in [0.2, 0.25) is 10.0 Å². The van der Waals surface area contributed by atoms with Crippen molar-refractivity contribution in [3.63, 3.8) is 0 Å². The summed E-state index contributed by atoms with van der Waals surface area (Å²) in [6.45, 7) is 4.39. The average molecular weight is 526 g/mol. The van der Waals surface area contributed by atoms with Gasteiger partial charge in [0.25, 0.3) is 0 Å². The Morgan fingerprint density at radius 1 is 0.735 bits per heavy atom. The standard InChI is InChI=1S/C26H34Cl2NO4P/c1-25(13-5-3-6-14-25)21-17-19(27)9-11-23(21)31-34(30,33-29)32-24-12-10-20(28)18-22(24)26(2)15-7-4-8-16-26/h9-12,17-18H,3-8,13-16,29H2,1-2H3. The molecular weight excluding hydrogens is 492 g/mol. The van der Waals surface area contributed by atoms with E-state index in [1.807, 2.05) is 12.1 Å². The van der Waals surface area contributed by atoms with Crippen LogP contribution in [0.3, 0.4) is 0 Å². The molecule has 0 atom stereocenters. The molecule has 2 aromatic carbocycles. The van der Waals surface area contributed by atoms with Crippen LogP contribution in [0, 0.1) is 0 Å². The van der Waals surface area contributed by atoms with Crippen molar-refractivity contribution >= 4 is 31.0 Å². The lowest BCUT2D eigenvalue weighted by atomic mass is 9.71. The minimum absolute atomic E-state index is 0.140. The van der Waals surface area contributed by atoms with E-state index in [0.29, 0.717) is 21.5 Å². The van der Waals surface area contributed by atoms with Gasteiger partial charge in [-0.3, -0.25) is 0 Å². The minimum atomic E-state index is -4.20. The fraction of sp³-hybridized carbons (Fsp3) is 0.538. The van der Waals surface area contributed by atoms with E-state index in [2.05, 4.69) is 13.8 Å². The topological polar surface area (TPSA) is 70.8 Å². The third-order valence-electron chi connectivity index (χ3n) is 7.65. The van der Waals surface area contributed by atoms with Gasteiger partial charge in [-0.25, -0.2) is 10.5 Å². The highest BCUT2D eigenvalue weighted by atomic mass is 35.5. The molecule has 0 saturated heterocycles. The van der Waals surface area contributed by atoms with Crippen LogP contribution in [0.25, 0.3) is 0 Å². The summed E-state index contributed by atoms with van der Waals surface area (Å²) in [5, 5.41) is 1.20. The number of phosphoric acid groups is 1. The predicted molar refractivity (Wildman–Crippen MR) is 138 cm³/mol. The molecule has 2 saturated carbocycles. The zero-order valence-corrected chi connectivity index (χ0v) is 22.4. The Morgan fingerprint density at radius 3 is 1.47 bits per heavy atom. The van der Waals surface area contributed by atoms with Gasteiger partial charge >= 0.3 is 7.82 Å². The first kappa shape index (κ1) is 25.9. The first-order chi connectivity index (χ1) is 16.2. The Labute approximate surface area is 212 Å². The van der Waals surface area contributed by atoms with Crippen LogP contribution in [0.15, 0.2) is 36.4 Å². The molecule has 2 fully saturated rings. The second-order valence-electron chi connectivity index (χ2n) is 10.3. The fourth-order valence-corrected chi connectivity index (χ4v) is 6.88. The lowest BCUT2D eigenvalue weighted by molar-refractivity contribution is 0.209. The predicted octanol–water partition coefficient (Wildman–Crippen LogP) is 8.89. The van der Waals surface area contributed by atoms with E-state index >= 15 is 0 Å². The molecule has 5 nitrogen and oxygen atoms in total. The summed E-state index contributed by atoms with van der Waals surface area (Å²) in [6.07, 6.45) is 10.9. The van der Waals surface area contributed by atoms with Crippen molar-refractivity contribution in [1.29, 1.82) is 0 Å². The van der Waals surface area contributed by atoms with Gasteiger partial charge in [0.05, 0.1) is 0 Å². The van der Waals surface area contributed by atoms with Gasteiger partial charge in [0.2, 0.25) is 0 Å². The lowest BCUT2D eigenvalue weighted by Gasteiger charge is -2.36. The number of benzene rings is 2. The fourth-order valence-electron chi connectivity index (χ4n) is 5.61. The maximum atomic E-state index is 13.7. The summed E-state index contributed by atoms with van der Waals surface area (Å²) in [6, 6.07) is 10.6. The summed E-state index contributed by atoms with van der Waals surface area (Å²) in [5.74, 6) is 6.36. The van der Waals surface area contributed by atoms with E-state index in [9.17, 15) is 4.57 Å². The van der Waals surface area contributed by atoms with Gasteiger partial charge in [0.15, 0.2) is 0 Å². The molecule has 4 rings (SSSR count). The van der Waals surface area contributed by atoms with Crippen molar-refractivity contribution in [1.82, 2.24) is 0 Å². The van der Waals surface area contributed by atoms with Crippen LogP contribution >= 0.6 is 31.0 Å². The zero-order valence-electron chi connectivity index (χ0n) is 19.9. The number of hydrogen-bond donors (Lipinski definition) is 1. The SMILES string of the molecule is CC1(c2cc(Cl)ccc2OP(=O)(ON)Oc2ccc(Cl)cc2C2(C)CCCCC2)CCCCC1. The lowest BCUT2D eigenvalue weighted by Crippen LogP contribution is -2.26. The minimum Gasteiger partial charge on any atom is -0.394 e.